The normalized spacial score (nSPS) is 18.3. The minimum absolute atomic E-state index is 0. The first kappa shape index (κ1) is 16.7. The number of carbonyl (C=O) groups is 1. The zero-order valence-electron chi connectivity index (χ0n) is 11.5. The lowest BCUT2D eigenvalue weighted by Crippen LogP contribution is -2.48. The highest BCUT2D eigenvalue weighted by Gasteiger charge is 2.22. The first-order valence-corrected chi connectivity index (χ1v) is 6.52. The second-order valence-electron chi connectivity index (χ2n) is 4.71. The van der Waals surface area contributed by atoms with Gasteiger partial charge < -0.3 is 15.0 Å². The Bertz CT molecular complexity index is 445. The molecular formula is C14H20ClFN2O2. The number of nitrogens with one attached hydrogen (secondary N) is 1. The molecule has 20 heavy (non-hydrogen) atoms. The molecule has 0 radical (unpaired) electrons. The highest BCUT2D eigenvalue weighted by molar-refractivity contribution is 5.85. The lowest BCUT2D eigenvalue weighted by atomic mass is 10.1. The predicted octanol–water partition coefficient (Wildman–Crippen LogP) is 1.84. The highest BCUT2D eigenvalue weighted by atomic mass is 35.5. The first-order valence-electron chi connectivity index (χ1n) is 6.52. The molecule has 1 N–H and O–H groups in total. The molecule has 1 unspecified atom stereocenters. The van der Waals surface area contributed by atoms with E-state index in [0.717, 1.165) is 19.4 Å². The number of hydrogen-bond donors (Lipinski definition) is 1. The van der Waals surface area contributed by atoms with Crippen molar-refractivity contribution in [3.63, 3.8) is 0 Å². The average molecular weight is 303 g/mol. The minimum Gasteiger partial charge on any atom is -0.484 e. The van der Waals surface area contributed by atoms with Crippen LogP contribution in [0.1, 0.15) is 12.8 Å². The van der Waals surface area contributed by atoms with Crippen LogP contribution in [-0.4, -0.2) is 43.6 Å². The first-order chi connectivity index (χ1) is 9.19. The lowest BCUT2D eigenvalue weighted by Gasteiger charge is -2.32. The van der Waals surface area contributed by atoms with E-state index >= 15 is 0 Å². The van der Waals surface area contributed by atoms with Crippen molar-refractivity contribution >= 4 is 18.3 Å². The maximum Gasteiger partial charge on any atom is 0.260 e. The summed E-state index contributed by atoms with van der Waals surface area (Å²) < 4.78 is 18.3. The highest BCUT2D eigenvalue weighted by Crippen LogP contribution is 2.13. The van der Waals surface area contributed by atoms with Crippen LogP contribution < -0.4 is 10.1 Å². The molecule has 0 saturated carbocycles. The van der Waals surface area contributed by atoms with Gasteiger partial charge in [-0.05, 0) is 32.0 Å². The summed E-state index contributed by atoms with van der Waals surface area (Å²) in [6.07, 6.45) is 2.09. The third-order valence-corrected chi connectivity index (χ3v) is 3.34. The van der Waals surface area contributed by atoms with Gasteiger partial charge >= 0.3 is 0 Å². The molecule has 0 aromatic heterocycles. The van der Waals surface area contributed by atoms with E-state index in [4.69, 9.17) is 4.74 Å². The third-order valence-electron chi connectivity index (χ3n) is 3.34. The number of likely N-dealkylation sites (N-methyl/N-ethyl adjacent to an activating group) is 1. The summed E-state index contributed by atoms with van der Waals surface area (Å²) in [5.74, 6) is -0.0297. The van der Waals surface area contributed by atoms with Gasteiger partial charge in [-0.2, -0.15) is 0 Å². The fraction of sp³-hybridized carbons (Fsp3) is 0.500. The van der Waals surface area contributed by atoms with Crippen molar-refractivity contribution in [3.8, 4) is 5.75 Å². The average Bonchev–Trinajstić information content (AvgIpc) is 2.45. The molecule has 6 heteroatoms. The number of amides is 1. The molecule has 0 bridgehead atoms. The van der Waals surface area contributed by atoms with E-state index in [-0.39, 0.29) is 30.7 Å². The Hall–Kier alpha value is -1.33. The molecule has 0 aliphatic carbocycles. The molecule has 1 aromatic carbocycles. The molecule has 1 aliphatic heterocycles. The van der Waals surface area contributed by atoms with Crippen LogP contribution in [0.3, 0.4) is 0 Å². The molecule has 1 fully saturated rings. The summed E-state index contributed by atoms with van der Waals surface area (Å²) in [6, 6.07) is 6.18. The van der Waals surface area contributed by atoms with E-state index in [1.807, 2.05) is 7.05 Å². The Labute approximate surface area is 124 Å². The van der Waals surface area contributed by atoms with Crippen LogP contribution in [0.2, 0.25) is 0 Å². The van der Waals surface area contributed by atoms with E-state index in [0.29, 0.717) is 18.3 Å². The van der Waals surface area contributed by atoms with Crippen molar-refractivity contribution in [1.82, 2.24) is 10.2 Å². The molecule has 4 nitrogen and oxygen atoms in total. The van der Waals surface area contributed by atoms with Crippen molar-refractivity contribution < 1.29 is 13.9 Å². The van der Waals surface area contributed by atoms with Crippen molar-refractivity contribution in [2.45, 2.75) is 18.9 Å². The number of nitrogens with zero attached hydrogens (tertiary/aromatic N) is 1. The Morgan fingerprint density at radius 3 is 3.05 bits per heavy atom. The molecule has 112 valence electrons. The predicted molar refractivity (Wildman–Crippen MR) is 77.8 cm³/mol. The maximum absolute atomic E-state index is 13.0. The number of rotatable bonds is 4. The van der Waals surface area contributed by atoms with Gasteiger partial charge in [-0.25, -0.2) is 4.39 Å². The molecule has 1 amide bonds. The standard InChI is InChI=1S/C14H19FN2O2.ClH/c1-16-12-5-3-7-17(9-12)14(18)10-19-13-6-2-4-11(15)8-13;/h2,4,6,8,12,16H,3,5,7,9-10H2,1H3;1H. The monoisotopic (exact) mass is 302 g/mol. The SMILES string of the molecule is CNC1CCCN(C(=O)COc2cccc(F)c2)C1.Cl. The van der Waals surface area contributed by atoms with Crippen LogP contribution in [0.4, 0.5) is 4.39 Å². The Morgan fingerprint density at radius 2 is 2.35 bits per heavy atom. The van der Waals surface area contributed by atoms with Crippen molar-refractivity contribution in [2.24, 2.45) is 0 Å². The van der Waals surface area contributed by atoms with Crippen LogP contribution in [0.15, 0.2) is 24.3 Å². The van der Waals surface area contributed by atoms with Gasteiger partial charge in [0.2, 0.25) is 0 Å². The van der Waals surface area contributed by atoms with Gasteiger partial charge in [-0.15, -0.1) is 12.4 Å². The van der Waals surface area contributed by atoms with E-state index in [1.54, 1.807) is 17.0 Å². The smallest absolute Gasteiger partial charge is 0.260 e. The zero-order valence-corrected chi connectivity index (χ0v) is 12.3. The third kappa shape index (κ3) is 4.65. The summed E-state index contributed by atoms with van der Waals surface area (Å²) in [7, 11) is 1.90. The Kier molecular flexibility index (Phi) is 6.75. The number of benzene rings is 1. The number of likely N-dealkylation sites (tertiary alicyclic amines) is 1. The topological polar surface area (TPSA) is 41.6 Å². The molecule has 1 saturated heterocycles. The molecule has 1 heterocycles. The molecule has 1 atom stereocenters. The summed E-state index contributed by atoms with van der Waals surface area (Å²) in [4.78, 5) is 13.8. The second kappa shape index (κ2) is 8.07. The Morgan fingerprint density at radius 1 is 1.55 bits per heavy atom. The fourth-order valence-electron chi connectivity index (χ4n) is 2.23. The van der Waals surface area contributed by atoms with E-state index < -0.39 is 0 Å². The number of carbonyl (C=O) groups excluding carboxylic acids is 1. The van der Waals surface area contributed by atoms with Crippen LogP contribution in [0.25, 0.3) is 0 Å². The summed E-state index contributed by atoms with van der Waals surface area (Å²) >= 11 is 0. The number of ether oxygens (including phenoxy) is 1. The lowest BCUT2D eigenvalue weighted by molar-refractivity contribution is -0.134. The molecule has 2 rings (SSSR count). The summed E-state index contributed by atoms with van der Waals surface area (Å²) in [5.41, 5.74) is 0. The number of halogens is 2. The van der Waals surface area contributed by atoms with Crippen molar-refractivity contribution in [2.75, 3.05) is 26.7 Å². The number of piperidine rings is 1. The van der Waals surface area contributed by atoms with Crippen LogP contribution >= 0.6 is 12.4 Å². The van der Waals surface area contributed by atoms with Crippen LogP contribution in [0, 0.1) is 5.82 Å². The van der Waals surface area contributed by atoms with Gasteiger partial charge in [-0.3, -0.25) is 4.79 Å². The van der Waals surface area contributed by atoms with Crippen LogP contribution in [-0.2, 0) is 4.79 Å². The van der Waals surface area contributed by atoms with Gasteiger partial charge in [0, 0.05) is 25.2 Å². The van der Waals surface area contributed by atoms with Gasteiger partial charge in [0.25, 0.3) is 5.91 Å². The molecular weight excluding hydrogens is 283 g/mol. The molecule has 0 spiro atoms. The largest absolute Gasteiger partial charge is 0.484 e. The van der Waals surface area contributed by atoms with Crippen molar-refractivity contribution in [1.29, 1.82) is 0 Å². The quantitative estimate of drug-likeness (QED) is 0.923. The van der Waals surface area contributed by atoms with E-state index in [1.165, 1.54) is 12.1 Å². The Balaban J connectivity index is 0.00000200. The van der Waals surface area contributed by atoms with Gasteiger partial charge in [0.15, 0.2) is 6.61 Å². The van der Waals surface area contributed by atoms with Gasteiger partial charge in [-0.1, -0.05) is 6.07 Å². The van der Waals surface area contributed by atoms with Gasteiger partial charge in [0.1, 0.15) is 11.6 Å². The maximum atomic E-state index is 13.0. The minimum atomic E-state index is -0.363. The number of hydrogen-bond acceptors (Lipinski definition) is 3. The van der Waals surface area contributed by atoms with E-state index in [9.17, 15) is 9.18 Å². The van der Waals surface area contributed by atoms with E-state index in [2.05, 4.69) is 5.32 Å². The van der Waals surface area contributed by atoms with Crippen molar-refractivity contribution in [3.05, 3.63) is 30.1 Å². The van der Waals surface area contributed by atoms with Gasteiger partial charge in [0.05, 0.1) is 0 Å². The fourth-order valence-corrected chi connectivity index (χ4v) is 2.23. The second-order valence-corrected chi connectivity index (χ2v) is 4.71. The van der Waals surface area contributed by atoms with Crippen LogP contribution in [0.5, 0.6) is 5.75 Å². The molecule has 1 aromatic rings. The summed E-state index contributed by atoms with van der Waals surface area (Å²) in [5, 5.41) is 3.19. The molecule has 1 aliphatic rings. The summed E-state index contributed by atoms with van der Waals surface area (Å²) in [6.45, 7) is 1.44. The zero-order chi connectivity index (χ0) is 13.7.